The highest BCUT2D eigenvalue weighted by atomic mass is 32.2. The highest BCUT2D eigenvalue weighted by Gasteiger charge is 2.22. The average Bonchev–Trinajstić information content (AvgIpc) is 2.65. The van der Waals surface area contributed by atoms with Gasteiger partial charge >= 0.3 is 11.7 Å². The van der Waals surface area contributed by atoms with Gasteiger partial charge in [-0.05, 0) is 6.42 Å². The second kappa shape index (κ2) is 6.48. The van der Waals surface area contributed by atoms with E-state index in [1.54, 1.807) is 7.05 Å². The number of nitrogens with one attached hydrogen (secondary N) is 1. The Bertz CT molecular complexity index is 427. The van der Waals surface area contributed by atoms with Crippen LogP contribution in [0.2, 0.25) is 0 Å². The van der Waals surface area contributed by atoms with Crippen LogP contribution in [0.1, 0.15) is 26.2 Å². The molecule has 0 aromatic carbocycles. The second-order valence-electron chi connectivity index (χ2n) is 3.64. The Kier molecular flexibility index (Phi) is 5.27. The van der Waals surface area contributed by atoms with E-state index in [0.717, 1.165) is 19.3 Å². The van der Waals surface area contributed by atoms with Gasteiger partial charge in [0.1, 0.15) is 5.25 Å². The normalized spacial score (nSPS) is 12.4. The quantitative estimate of drug-likeness (QED) is 0.607. The lowest BCUT2D eigenvalue weighted by Gasteiger charge is -2.12. The van der Waals surface area contributed by atoms with Crippen LogP contribution in [0.4, 0.5) is 0 Å². The van der Waals surface area contributed by atoms with Crippen LogP contribution >= 0.6 is 11.8 Å². The van der Waals surface area contributed by atoms with Gasteiger partial charge in [-0.2, -0.15) is 0 Å². The number of esters is 1. The maximum absolute atomic E-state index is 11.6. The van der Waals surface area contributed by atoms with Gasteiger partial charge in [-0.1, -0.05) is 31.5 Å². The SMILES string of the molecule is CCCCC(Sc1n[nH]c(=O)n1C)C(=O)OC. The van der Waals surface area contributed by atoms with Crippen LogP contribution in [0.15, 0.2) is 9.95 Å². The van der Waals surface area contributed by atoms with Crippen LogP contribution in [0, 0.1) is 0 Å². The number of ether oxygens (including phenoxy) is 1. The van der Waals surface area contributed by atoms with Crippen molar-refractivity contribution in [2.75, 3.05) is 7.11 Å². The molecule has 7 heteroatoms. The zero-order valence-corrected chi connectivity index (χ0v) is 11.0. The zero-order valence-electron chi connectivity index (χ0n) is 10.2. The summed E-state index contributed by atoms with van der Waals surface area (Å²) in [5, 5.41) is 6.39. The van der Waals surface area contributed by atoms with E-state index in [2.05, 4.69) is 17.1 Å². The van der Waals surface area contributed by atoms with Gasteiger partial charge in [0.05, 0.1) is 7.11 Å². The molecule has 1 aromatic heterocycles. The molecule has 1 rings (SSSR count). The first kappa shape index (κ1) is 13.8. The van der Waals surface area contributed by atoms with Crippen molar-refractivity contribution in [2.24, 2.45) is 7.05 Å². The van der Waals surface area contributed by atoms with Crippen LogP contribution in [0.3, 0.4) is 0 Å². The molecule has 0 fully saturated rings. The van der Waals surface area contributed by atoms with E-state index >= 15 is 0 Å². The molecule has 0 saturated carbocycles. The van der Waals surface area contributed by atoms with Crippen molar-refractivity contribution < 1.29 is 9.53 Å². The minimum absolute atomic E-state index is 0.279. The summed E-state index contributed by atoms with van der Waals surface area (Å²) in [7, 11) is 2.98. The van der Waals surface area contributed by atoms with Crippen molar-refractivity contribution in [3.63, 3.8) is 0 Å². The molecule has 0 amide bonds. The third kappa shape index (κ3) is 3.62. The van der Waals surface area contributed by atoms with Gasteiger partial charge in [-0.25, -0.2) is 9.89 Å². The highest BCUT2D eigenvalue weighted by molar-refractivity contribution is 8.00. The van der Waals surface area contributed by atoms with Crippen molar-refractivity contribution in [3.8, 4) is 0 Å². The molecule has 1 aromatic rings. The van der Waals surface area contributed by atoms with Crippen LogP contribution in [0.5, 0.6) is 0 Å². The Labute approximate surface area is 104 Å². The number of aromatic amines is 1. The summed E-state index contributed by atoms with van der Waals surface area (Å²) in [5.74, 6) is -0.279. The minimum Gasteiger partial charge on any atom is -0.468 e. The summed E-state index contributed by atoms with van der Waals surface area (Å²) in [4.78, 5) is 22.8. The van der Waals surface area contributed by atoms with E-state index in [1.165, 1.54) is 23.4 Å². The lowest BCUT2D eigenvalue weighted by atomic mass is 10.2. The van der Waals surface area contributed by atoms with Crippen molar-refractivity contribution in [1.29, 1.82) is 0 Å². The maximum Gasteiger partial charge on any atom is 0.343 e. The van der Waals surface area contributed by atoms with Crippen molar-refractivity contribution in [2.45, 2.75) is 36.6 Å². The summed E-state index contributed by atoms with van der Waals surface area (Å²) in [6, 6.07) is 0. The molecular weight excluding hydrogens is 242 g/mol. The predicted molar refractivity (Wildman–Crippen MR) is 65.0 cm³/mol. The molecule has 0 saturated heterocycles. The molecule has 17 heavy (non-hydrogen) atoms. The molecule has 0 aliphatic carbocycles. The smallest absolute Gasteiger partial charge is 0.343 e. The third-order valence-electron chi connectivity index (χ3n) is 2.37. The van der Waals surface area contributed by atoms with Gasteiger partial charge < -0.3 is 4.74 Å². The standard InChI is InChI=1S/C10H17N3O3S/c1-4-5-6-7(8(14)16-3)17-10-12-11-9(15)13(10)2/h7H,4-6H2,1-3H3,(H,11,15). The van der Waals surface area contributed by atoms with E-state index in [1.807, 2.05) is 0 Å². The number of thioether (sulfide) groups is 1. The molecule has 0 radical (unpaired) electrons. The second-order valence-corrected chi connectivity index (χ2v) is 4.81. The number of methoxy groups -OCH3 is 1. The van der Waals surface area contributed by atoms with Gasteiger partial charge in [0.25, 0.3) is 0 Å². The largest absolute Gasteiger partial charge is 0.468 e. The number of hydrogen-bond acceptors (Lipinski definition) is 5. The molecule has 1 unspecified atom stereocenters. The molecule has 6 nitrogen and oxygen atoms in total. The Morgan fingerprint density at radius 3 is 2.82 bits per heavy atom. The van der Waals surface area contributed by atoms with Crippen molar-refractivity contribution >= 4 is 17.7 Å². The van der Waals surface area contributed by atoms with E-state index < -0.39 is 0 Å². The summed E-state index contributed by atoms with van der Waals surface area (Å²) in [5.41, 5.74) is -0.286. The van der Waals surface area contributed by atoms with Gasteiger partial charge in [-0.15, -0.1) is 5.10 Å². The van der Waals surface area contributed by atoms with Gasteiger partial charge in [0, 0.05) is 7.05 Å². The first-order valence-electron chi connectivity index (χ1n) is 5.46. The average molecular weight is 259 g/mol. The molecule has 96 valence electrons. The molecule has 0 spiro atoms. The number of carbonyl (C=O) groups excluding carboxylic acids is 1. The fourth-order valence-corrected chi connectivity index (χ4v) is 2.38. The zero-order chi connectivity index (χ0) is 12.8. The van der Waals surface area contributed by atoms with Crippen LogP contribution in [0.25, 0.3) is 0 Å². The third-order valence-corrected chi connectivity index (χ3v) is 3.66. The van der Waals surface area contributed by atoms with E-state index in [9.17, 15) is 9.59 Å². The fraction of sp³-hybridized carbons (Fsp3) is 0.700. The number of unbranched alkanes of at least 4 members (excludes halogenated alkanes) is 1. The Morgan fingerprint density at radius 2 is 2.35 bits per heavy atom. The summed E-state index contributed by atoms with van der Waals surface area (Å²) < 4.78 is 6.12. The van der Waals surface area contributed by atoms with Crippen molar-refractivity contribution in [3.05, 3.63) is 10.5 Å². The van der Waals surface area contributed by atoms with E-state index in [0.29, 0.717) is 5.16 Å². The molecule has 0 aliphatic rings. The van der Waals surface area contributed by atoms with Crippen molar-refractivity contribution in [1.82, 2.24) is 14.8 Å². The number of rotatable bonds is 6. The Morgan fingerprint density at radius 1 is 1.65 bits per heavy atom. The lowest BCUT2D eigenvalue weighted by Crippen LogP contribution is -2.20. The van der Waals surface area contributed by atoms with Gasteiger partial charge in [0.2, 0.25) is 0 Å². The molecule has 1 atom stereocenters. The first-order chi connectivity index (χ1) is 8.10. The summed E-state index contributed by atoms with van der Waals surface area (Å²) in [6.45, 7) is 2.06. The number of H-pyrrole nitrogens is 1. The van der Waals surface area contributed by atoms with Crippen LogP contribution in [-0.2, 0) is 16.6 Å². The maximum atomic E-state index is 11.6. The molecule has 0 bridgehead atoms. The number of nitrogens with zero attached hydrogens (tertiary/aromatic N) is 2. The van der Waals surface area contributed by atoms with E-state index in [4.69, 9.17) is 4.74 Å². The van der Waals surface area contributed by atoms with Gasteiger partial charge in [-0.3, -0.25) is 9.36 Å². The number of hydrogen-bond donors (Lipinski definition) is 1. The highest BCUT2D eigenvalue weighted by Crippen LogP contribution is 2.24. The topological polar surface area (TPSA) is 77.0 Å². The minimum atomic E-state index is -0.311. The first-order valence-corrected chi connectivity index (χ1v) is 6.34. The Balaban J connectivity index is 2.75. The molecule has 1 heterocycles. The Hall–Kier alpha value is -1.24. The summed E-state index contributed by atoms with van der Waals surface area (Å²) in [6.07, 6.45) is 2.66. The fourth-order valence-electron chi connectivity index (χ4n) is 1.31. The monoisotopic (exact) mass is 259 g/mol. The predicted octanol–water partition coefficient (Wildman–Crippen LogP) is 0.932. The van der Waals surface area contributed by atoms with Crippen LogP contribution in [-0.4, -0.2) is 33.1 Å². The number of carbonyl (C=O) groups is 1. The molecular formula is C10H17N3O3S. The van der Waals surface area contributed by atoms with Crippen LogP contribution < -0.4 is 5.69 Å². The molecule has 1 N–H and O–H groups in total. The molecule has 0 aliphatic heterocycles. The number of aromatic nitrogens is 3. The lowest BCUT2D eigenvalue weighted by molar-refractivity contribution is -0.140. The van der Waals surface area contributed by atoms with E-state index in [-0.39, 0.29) is 16.9 Å². The summed E-state index contributed by atoms with van der Waals surface area (Å²) >= 11 is 1.25. The van der Waals surface area contributed by atoms with Gasteiger partial charge in [0.15, 0.2) is 5.16 Å².